The zero-order chi connectivity index (χ0) is 22.5. The molecule has 2 heterocycles. The van der Waals surface area contributed by atoms with Crippen molar-refractivity contribution in [3.63, 3.8) is 0 Å². The Morgan fingerprint density at radius 1 is 1.20 bits per heavy atom. The summed E-state index contributed by atoms with van der Waals surface area (Å²) in [6, 6.07) is 1.12. The van der Waals surface area contributed by atoms with Crippen LogP contribution in [0, 0.1) is 12.7 Å². The number of hydrogen-bond donors (Lipinski definition) is 3. The number of amides is 1. The number of fused-ring (bicyclic) bond motifs is 3. The molecule has 0 saturated heterocycles. The molecule has 13 heteroatoms. The van der Waals surface area contributed by atoms with Crippen LogP contribution in [-0.2, 0) is 26.9 Å². The molecule has 0 aliphatic carbocycles. The quantitative estimate of drug-likeness (QED) is 0.308. The predicted octanol–water partition coefficient (Wildman–Crippen LogP) is 3.09. The second kappa shape index (κ2) is 7.65. The molecule has 10 nitrogen and oxygen atoms in total. The van der Waals surface area contributed by atoms with Gasteiger partial charge in [0.25, 0.3) is 0 Å². The Hall–Kier alpha value is -2.48. The molecule has 0 aliphatic rings. The SMILES string of the molecule is Cc1c(F)cc(N(C)C(=O)OC(C)(C)C)c2[nH]c3nc(S(=O)O)nc(S(=O)O)c3c12. The van der Waals surface area contributed by atoms with Crippen LogP contribution < -0.4 is 4.90 Å². The van der Waals surface area contributed by atoms with E-state index < -0.39 is 49.9 Å². The van der Waals surface area contributed by atoms with Gasteiger partial charge in [-0.3, -0.25) is 9.45 Å². The molecule has 0 aliphatic heterocycles. The smallest absolute Gasteiger partial charge is 0.414 e. The fraction of sp³-hybridized carbons (Fsp3) is 0.353. The molecule has 0 saturated carbocycles. The van der Waals surface area contributed by atoms with Crippen LogP contribution in [-0.4, -0.2) is 51.2 Å². The average Bonchev–Trinajstić information content (AvgIpc) is 3.01. The van der Waals surface area contributed by atoms with E-state index in [-0.39, 0.29) is 33.2 Å². The zero-order valence-corrected chi connectivity index (χ0v) is 18.3. The van der Waals surface area contributed by atoms with Crippen molar-refractivity contribution in [1.29, 1.82) is 0 Å². The maximum absolute atomic E-state index is 14.8. The number of anilines is 1. The second-order valence-electron chi connectivity index (χ2n) is 7.45. The number of rotatable bonds is 3. The van der Waals surface area contributed by atoms with Crippen LogP contribution in [0.3, 0.4) is 0 Å². The molecule has 0 fully saturated rings. The number of carbonyl (C=O) groups is 1. The van der Waals surface area contributed by atoms with Gasteiger partial charge in [-0.25, -0.2) is 27.6 Å². The van der Waals surface area contributed by atoms with Gasteiger partial charge in [0.1, 0.15) is 17.1 Å². The van der Waals surface area contributed by atoms with Crippen molar-refractivity contribution < 1.29 is 31.4 Å². The highest BCUT2D eigenvalue weighted by atomic mass is 32.2. The Balaban J connectivity index is 2.38. The summed E-state index contributed by atoms with van der Waals surface area (Å²) in [5.74, 6) is -0.682. The van der Waals surface area contributed by atoms with Crippen molar-refractivity contribution in [2.75, 3.05) is 11.9 Å². The first-order valence-corrected chi connectivity index (χ1v) is 10.7. The van der Waals surface area contributed by atoms with Crippen LogP contribution in [0.15, 0.2) is 16.2 Å². The monoisotopic (exact) mass is 458 g/mol. The number of ether oxygens (including phenoxy) is 1. The van der Waals surface area contributed by atoms with Gasteiger partial charge in [-0.2, -0.15) is 0 Å². The topological polar surface area (TPSA) is 146 Å². The highest BCUT2D eigenvalue weighted by molar-refractivity contribution is 7.80. The van der Waals surface area contributed by atoms with Crippen molar-refractivity contribution in [3.05, 3.63) is 17.4 Å². The molecule has 2 aromatic heterocycles. The number of aromatic amines is 1. The molecule has 0 radical (unpaired) electrons. The fourth-order valence-electron chi connectivity index (χ4n) is 2.93. The fourth-order valence-corrected chi connectivity index (χ4v) is 3.86. The Labute approximate surface area is 175 Å². The molecule has 1 amide bonds. The van der Waals surface area contributed by atoms with Crippen molar-refractivity contribution in [1.82, 2.24) is 15.0 Å². The molecular formula is C17H19FN4O6S2. The number of aromatic nitrogens is 3. The molecule has 0 spiro atoms. The van der Waals surface area contributed by atoms with E-state index in [4.69, 9.17) is 4.74 Å². The molecule has 3 aromatic rings. The molecule has 162 valence electrons. The van der Waals surface area contributed by atoms with E-state index in [0.29, 0.717) is 0 Å². The first-order valence-electron chi connectivity index (χ1n) is 8.52. The molecule has 3 N–H and O–H groups in total. The Morgan fingerprint density at radius 3 is 2.37 bits per heavy atom. The highest BCUT2D eigenvalue weighted by Crippen LogP contribution is 2.37. The Bertz CT molecular complexity index is 1240. The summed E-state index contributed by atoms with van der Waals surface area (Å²) in [6.45, 7) is 6.50. The number of halogens is 1. The van der Waals surface area contributed by atoms with Gasteiger partial charge in [-0.05, 0) is 33.3 Å². The summed E-state index contributed by atoms with van der Waals surface area (Å²) in [5, 5.41) is -0.867. The van der Waals surface area contributed by atoms with Gasteiger partial charge in [-0.15, -0.1) is 0 Å². The van der Waals surface area contributed by atoms with Crippen LogP contribution in [0.5, 0.6) is 0 Å². The minimum absolute atomic E-state index is 0.0101. The van der Waals surface area contributed by atoms with Crippen LogP contribution in [0.4, 0.5) is 14.9 Å². The summed E-state index contributed by atoms with van der Waals surface area (Å²) < 4.78 is 62.3. The Morgan fingerprint density at radius 2 is 1.83 bits per heavy atom. The summed E-state index contributed by atoms with van der Waals surface area (Å²) in [6.07, 6.45) is -0.750. The van der Waals surface area contributed by atoms with E-state index in [1.807, 2.05) is 0 Å². The van der Waals surface area contributed by atoms with Crippen molar-refractivity contribution in [3.8, 4) is 0 Å². The number of nitrogens with zero attached hydrogens (tertiary/aromatic N) is 3. The lowest BCUT2D eigenvalue weighted by molar-refractivity contribution is 0.0589. The van der Waals surface area contributed by atoms with Crippen LogP contribution in [0.2, 0.25) is 0 Å². The van der Waals surface area contributed by atoms with E-state index in [1.54, 1.807) is 20.8 Å². The summed E-state index contributed by atoms with van der Waals surface area (Å²) >= 11 is -5.29. The molecule has 2 atom stereocenters. The van der Waals surface area contributed by atoms with Gasteiger partial charge in [-0.1, -0.05) is 0 Å². The number of aryl methyl sites for hydroxylation is 1. The molecular weight excluding hydrogens is 439 g/mol. The summed E-state index contributed by atoms with van der Waals surface area (Å²) in [7, 11) is 1.38. The van der Waals surface area contributed by atoms with E-state index in [0.717, 1.165) is 11.0 Å². The molecule has 2 unspecified atom stereocenters. The van der Waals surface area contributed by atoms with Gasteiger partial charge in [0.2, 0.25) is 27.3 Å². The minimum Gasteiger partial charge on any atom is -0.443 e. The van der Waals surface area contributed by atoms with E-state index in [2.05, 4.69) is 15.0 Å². The van der Waals surface area contributed by atoms with E-state index >= 15 is 0 Å². The zero-order valence-electron chi connectivity index (χ0n) is 16.6. The third-order valence-corrected chi connectivity index (χ3v) is 5.32. The minimum atomic E-state index is -2.66. The number of benzene rings is 1. The number of carbonyl (C=O) groups excluding carboxylic acids is 1. The van der Waals surface area contributed by atoms with Crippen molar-refractivity contribution in [2.24, 2.45) is 0 Å². The third kappa shape index (κ3) is 3.93. The van der Waals surface area contributed by atoms with Crippen molar-refractivity contribution in [2.45, 2.75) is 43.5 Å². The first-order chi connectivity index (χ1) is 13.8. The largest absolute Gasteiger partial charge is 0.443 e. The van der Waals surface area contributed by atoms with Crippen LogP contribution >= 0.6 is 0 Å². The number of hydrogen-bond acceptors (Lipinski definition) is 6. The third-order valence-electron chi connectivity index (χ3n) is 4.20. The van der Waals surface area contributed by atoms with Crippen molar-refractivity contribution >= 4 is 55.9 Å². The van der Waals surface area contributed by atoms with E-state index in [9.17, 15) is 26.7 Å². The van der Waals surface area contributed by atoms with Crippen LogP contribution in [0.1, 0.15) is 26.3 Å². The normalized spacial score (nSPS) is 14.1. The van der Waals surface area contributed by atoms with E-state index in [1.165, 1.54) is 14.0 Å². The second-order valence-corrected chi connectivity index (χ2v) is 9.20. The average molecular weight is 458 g/mol. The standard InChI is InChI=1S/C17H19FN4O6S2/c1-7-8(18)6-9(22(5)16(23)28-17(2,3)4)12-10(7)11-13(19-12)20-15(30(26)27)21-14(11)29(24)25/h6H,1-5H3,(H,24,25)(H,26,27)(H,19,20,21). The molecule has 30 heavy (non-hydrogen) atoms. The predicted molar refractivity (Wildman–Crippen MR) is 109 cm³/mol. The summed E-state index contributed by atoms with van der Waals surface area (Å²) in [4.78, 5) is 24.0. The highest BCUT2D eigenvalue weighted by Gasteiger charge is 2.27. The molecule has 1 aromatic carbocycles. The van der Waals surface area contributed by atoms with Gasteiger partial charge < -0.3 is 14.3 Å². The lowest BCUT2D eigenvalue weighted by Crippen LogP contribution is -2.34. The number of H-pyrrole nitrogens is 1. The number of nitrogens with one attached hydrogen (secondary N) is 1. The Kier molecular flexibility index (Phi) is 5.66. The first kappa shape index (κ1) is 22.2. The lowest BCUT2D eigenvalue weighted by atomic mass is 10.1. The maximum Gasteiger partial charge on any atom is 0.414 e. The van der Waals surface area contributed by atoms with Gasteiger partial charge >= 0.3 is 6.09 Å². The van der Waals surface area contributed by atoms with Gasteiger partial charge in [0.15, 0.2) is 5.03 Å². The van der Waals surface area contributed by atoms with Gasteiger partial charge in [0, 0.05) is 18.5 Å². The van der Waals surface area contributed by atoms with Gasteiger partial charge in [0.05, 0.1) is 16.6 Å². The van der Waals surface area contributed by atoms with Crippen LogP contribution in [0.25, 0.3) is 21.9 Å². The summed E-state index contributed by atoms with van der Waals surface area (Å²) in [5.41, 5.74) is -0.422. The molecule has 0 bridgehead atoms. The maximum atomic E-state index is 14.8. The molecule has 3 rings (SSSR count). The lowest BCUT2D eigenvalue weighted by Gasteiger charge is -2.25.